The van der Waals surface area contributed by atoms with Crippen LogP contribution in [0.15, 0.2) is 0 Å². The summed E-state index contributed by atoms with van der Waals surface area (Å²) in [6.07, 6.45) is 1.09. The molecule has 4 heteroatoms. The Morgan fingerprint density at radius 1 is 0.636 bits per heavy atom. The predicted octanol–water partition coefficient (Wildman–Crippen LogP) is 2.53. The third kappa shape index (κ3) is 1.53. The lowest BCUT2D eigenvalue weighted by atomic mass is 9.61. The van der Waals surface area contributed by atoms with Crippen molar-refractivity contribution in [3.63, 3.8) is 0 Å². The van der Waals surface area contributed by atoms with E-state index >= 15 is 0 Å². The van der Waals surface area contributed by atoms with Crippen molar-refractivity contribution in [2.24, 2.45) is 27.6 Å². The van der Waals surface area contributed by atoms with Gasteiger partial charge in [0, 0.05) is 25.7 Å². The lowest BCUT2D eigenvalue weighted by Crippen LogP contribution is -2.50. The molecule has 3 rings (SSSR count). The zero-order chi connectivity index (χ0) is 16.7. The van der Waals surface area contributed by atoms with Crippen LogP contribution < -0.4 is 0 Å². The molecule has 3 aliphatic rings. The van der Waals surface area contributed by atoms with Gasteiger partial charge < -0.3 is 0 Å². The SMILES string of the molecule is CC1C2(C(=O)CC(C)(C)CC2=O)C12C(=O)CC(C)(C)CC2=O. The van der Waals surface area contributed by atoms with Gasteiger partial charge in [-0.1, -0.05) is 34.6 Å². The summed E-state index contributed by atoms with van der Waals surface area (Å²) < 4.78 is 0. The number of carbonyl (C=O) groups excluding carboxylic acids is 4. The van der Waals surface area contributed by atoms with E-state index in [4.69, 9.17) is 0 Å². The molecule has 0 aromatic rings. The van der Waals surface area contributed by atoms with E-state index in [-0.39, 0.29) is 59.6 Å². The standard InChI is InChI=1S/C18H24O4/c1-10-17(11(19)6-15(2,3)7-12(17)20)18(10)13(21)8-16(4,5)9-14(18)22/h10H,6-9H2,1-5H3. The number of rotatable bonds is 0. The van der Waals surface area contributed by atoms with E-state index < -0.39 is 16.7 Å². The summed E-state index contributed by atoms with van der Waals surface area (Å²) in [5.74, 6) is -1.23. The molecule has 22 heavy (non-hydrogen) atoms. The smallest absolute Gasteiger partial charge is 0.148 e. The maximum Gasteiger partial charge on any atom is 0.148 e. The number of Topliss-reactive ketones (excluding diaryl/α,β-unsaturated/α-hetero) is 4. The van der Waals surface area contributed by atoms with Gasteiger partial charge in [0.05, 0.1) is 0 Å². The normalized spacial score (nSPS) is 31.9. The molecular formula is C18H24O4. The zero-order valence-corrected chi connectivity index (χ0v) is 14.0. The van der Waals surface area contributed by atoms with Crippen LogP contribution in [0.1, 0.15) is 60.3 Å². The molecule has 0 aliphatic heterocycles. The van der Waals surface area contributed by atoms with Crippen LogP contribution in [0, 0.1) is 27.6 Å². The largest absolute Gasteiger partial charge is 0.298 e. The van der Waals surface area contributed by atoms with Crippen molar-refractivity contribution >= 4 is 23.1 Å². The Labute approximate surface area is 131 Å². The molecule has 3 aliphatic carbocycles. The fourth-order valence-corrected chi connectivity index (χ4v) is 5.24. The Morgan fingerprint density at radius 2 is 0.864 bits per heavy atom. The number of carbonyl (C=O) groups is 4. The van der Waals surface area contributed by atoms with Crippen molar-refractivity contribution in [3.05, 3.63) is 0 Å². The molecule has 2 spiro atoms. The Hall–Kier alpha value is -1.32. The molecule has 0 aromatic carbocycles. The lowest BCUT2D eigenvalue weighted by molar-refractivity contribution is -0.154. The molecule has 3 fully saturated rings. The van der Waals surface area contributed by atoms with Gasteiger partial charge in [-0.2, -0.15) is 0 Å². The average Bonchev–Trinajstić information content (AvgIpc) is 2.85. The van der Waals surface area contributed by atoms with Crippen LogP contribution in [0.3, 0.4) is 0 Å². The number of ketones is 4. The second kappa shape index (κ2) is 3.95. The van der Waals surface area contributed by atoms with Crippen molar-refractivity contribution < 1.29 is 19.2 Å². The quantitative estimate of drug-likeness (QED) is 0.645. The first-order chi connectivity index (χ1) is 9.92. The summed E-state index contributed by atoms with van der Waals surface area (Å²) in [7, 11) is 0. The Balaban J connectivity index is 2.08. The van der Waals surface area contributed by atoms with Crippen molar-refractivity contribution in [2.75, 3.05) is 0 Å². The summed E-state index contributed by atoms with van der Waals surface area (Å²) in [5.41, 5.74) is -3.42. The molecule has 0 N–H and O–H groups in total. The molecule has 0 amide bonds. The molecule has 0 bridgehead atoms. The Bertz CT molecular complexity index is 529. The third-order valence-electron chi connectivity index (χ3n) is 6.15. The van der Waals surface area contributed by atoms with E-state index in [0.29, 0.717) is 0 Å². The fraction of sp³-hybridized carbons (Fsp3) is 0.778. The monoisotopic (exact) mass is 304 g/mol. The highest BCUT2D eigenvalue weighted by Crippen LogP contribution is 2.76. The van der Waals surface area contributed by atoms with Crippen molar-refractivity contribution in [1.82, 2.24) is 0 Å². The first-order valence-electron chi connectivity index (χ1n) is 8.05. The molecule has 0 atom stereocenters. The van der Waals surface area contributed by atoms with E-state index in [0.717, 1.165) is 0 Å². The Morgan fingerprint density at radius 3 is 1.09 bits per heavy atom. The maximum absolute atomic E-state index is 12.8. The lowest BCUT2D eigenvalue weighted by Gasteiger charge is -2.38. The van der Waals surface area contributed by atoms with Crippen molar-refractivity contribution in [1.29, 1.82) is 0 Å². The van der Waals surface area contributed by atoms with Gasteiger partial charge in [0.25, 0.3) is 0 Å². The second-order valence-corrected chi connectivity index (χ2v) is 9.07. The zero-order valence-electron chi connectivity index (χ0n) is 14.0. The molecule has 0 aromatic heterocycles. The van der Waals surface area contributed by atoms with E-state index in [2.05, 4.69) is 0 Å². The van der Waals surface area contributed by atoms with Crippen molar-refractivity contribution in [3.8, 4) is 0 Å². The fourth-order valence-electron chi connectivity index (χ4n) is 5.24. The molecule has 120 valence electrons. The average molecular weight is 304 g/mol. The Kier molecular flexibility index (Phi) is 2.80. The molecule has 0 saturated heterocycles. The molecule has 4 nitrogen and oxygen atoms in total. The van der Waals surface area contributed by atoms with Gasteiger partial charge in [-0.3, -0.25) is 19.2 Å². The molecule has 0 unspecified atom stereocenters. The highest BCUT2D eigenvalue weighted by Gasteiger charge is 2.88. The summed E-state index contributed by atoms with van der Waals surface area (Å²) in [5, 5.41) is 0. The summed E-state index contributed by atoms with van der Waals surface area (Å²) >= 11 is 0. The van der Waals surface area contributed by atoms with Crippen LogP contribution >= 0.6 is 0 Å². The van der Waals surface area contributed by atoms with Gasteiger partial charge in [-0.05, 0) is 16.7 Å². The summed E-state index contributed by atoms with van der Waals surface area (Å²) in [6.45, 7) is 9.31. The summed E-state index contributed by atoms with van der Waals surface area (Å²) in [4.78, 5) is 51.3. The second-order valence-electron chi connectivity index (χ2n) is 9.07. The number of fused-ring (bicyclic) bond motifs is 1. The summed E-state index contributed by atoms with van der Waals surface area (Å²) in [6, 6.07) is 0. The minimum Gasteiger partial charge on any atom is -0.298 e. The van der Waals surface area contributed by atoms with Gasteiger partial charge in [0.15, 0.2) is 0 Å². The van der Waals surface area contributed by atoms with Gasteiger partial charge in [-0.15, -0.1) is 0 Å². The number of hydrogen-bond acceptors (Lipinski definition) is 4. The van der Waals surface area contributed by atoms with E-state index in [1.807, 2.05) is 27.7 Å². The van der Waals surface area contributed by atoms with E-state index in [9.17, 15) is 19.2 Å². The minimum absolute atomic E-state index is 0.192. The van der Waals surface area contributed by atoms with E-state index in [1.165, 1.54) is 0 Å². The van der Waals surface area contributed by atoms with Crippen LogP contribution in [0.2, 0.25) is 0 Å². The first-order valence-corrected chi connectivity index (χ1v) is 8.05. The topological polar surface area (TPSA) is 68.3 Å². The van der Waals surface area contributed by atoms with Crippen LogP contribution in [0.5, 0.6) is 0 Å². The minimum atomic E-state index is -1.34. The van der Waals surface area contributed by atoms with Gasteiger partial charge in [0.1, 0.15) is 34.0 Å². The predicted molar refractivity (Wildman–Crippen MR) is 80.1 cm³/mol. The van der Waals surface area contributed by atoms with Gasteiger partial charge in [-0.25, -0.2) is 0 Å². The maximum atomic E-state index is 12.8. The third-order valence-corrected chi connectivity index (χ3v) is 6.15. The molecule has 0 heterocycles. The van der Waals surface area contributed by atoms with Crippen LogP contribution in [-0.2, 0) is 19.2 Å². The van der Waals surface area contributed by atoms with Crippen LogP contribution in [-0.4, -0.2) is 23.1 Å². The number of hydrogen-bond donors (Lipinski definition) is 0. The molecule has 3 saturated carbocycles. The van der Waals surface area contributed by atoms with Crippen LogP contribution in [0.4, 0.5) is 0 Å². The highest BCUT2D eigenvalue weighted by molar-refractivity contribution is 6.29. The first kappa shape index (κ1) is 15.6. The van der Waals surface area contributed by atoms with Crippen LogP contribution in [0.25, 0.3) is 0 Å². The van der Waals surface area contributed by atoms with Crippen molar-refractivity contribution in [2.45, 2.75) is 60.3 Å². The molecule has 0 radical (unpaired) electrons. The molecular weight excluding hydrogens is 280 g/mol. The van der Waals surface area contributed by atoms with Gasteiger partial charge >= 0.3 is 0 Å². The highest BCUT2D eigenvalue weighted by atomic mass is 16.2. The van der Waals surface area contributed by atoms with Gasteiger partial charge in [0.2, 0.25) is 0 Å². The van der Waals surface area contributed by atoms with E-state index in [1.54, 1.807) is 6.92 Å².